The summed E-state index contributed by atoms with van der Waals surface area (Å²) >= 11 is 1.81. The van der Waals surface area contributed by atoms with Crippen molar-refractivity contribution in [1.29, 1.82) is 0 Å². The highest BCUT2D eigenvalue weighted by molar-refractivity contribution is 7.26. The summed E-state index contributed by atoms with van der Waals surface area (Å²) in [4.78, 5) is 30.5. The predicted octanol–water partition coefficient (Wildman–Crippen LogP) is 13.8. The fraction of sp³-hybridized carbons (Fsp3) is 0. The van der Waals surface area contributed by atoms with Crippen LogP contribution in [0.3, 0.4) is 0 Å². The molecule has 0 aliphatic carbocycles. The highest BCUT2D eigenvalue weighted by Crippen LogP contribution is 2.44. The summed E-state index contributed by atoms with van der Waals surface area (Å²) < 4.78 is 2.47. The lowest BCUT2D eigenvalue weighted by molar-refractivity contribution is 1.07. The molecule has 61 heavy (non-hydrogen) atoms. The van der Waals surface area contributed by atoms with Crippen LogP contribution in [0.1, 0.15) is 0 Å². The Kier molecular flexibility index (Phi) is 9.26. The van der Waals surface area contributed by atoms with E-state index in [1.165, 1.54) is 20.2 Å². The van der Waals surface area contributed by atoms with E-state index >= 15 is 0 Å². The highest BCUT2D eigenvalue weighted by atomic mass is 32.1. The molecule has 11 rings (SSSR count). The fourth-order valence-corrected chi connectivity index (χ4v) is 9.04. The standard InChI is InChI=1S/C54H34N6S/c1-5-17-35(18-6-1)49-55-50(36-19-7-2-8-20-36)58-53(57-49)41-26-15-25-39(33-41)40-31-32-42(44-28-16-29-45-43-27-13-14-30-47(43)61-48(44)45)46(34-40)54-59-51(37-21-9-3-10-22-37)56-52(60-54)38-23-11-4-12-24-38/h1-34H. The maximum Gasteiger partial charge on any atom is 0.164 e. The van der Waals surface area contributed by atoms with Crippen molar-refractivity contribution in [3.05, 3.63) is 206 Å². The highest BCUT2D eigenvalue weighted by Gasteiger charge is 2.20. The average Bonchev–Trinajstić information content (AvgIpc) is 3.74. The molecule has 0 atom stereocenters. The van der Waals surface area contributed by atoms with Crippen LogP contribution in [-0.2, 0) is 0 Å². The van der Waals surface area contributed by atoms with Gasteiger partial charge in [-0.1, -0.05) is 188 Å². The number of fused-ring (bicyclic) bond motifs is 3. The Labute approximate surface area is 356 Å². The molecule has 7 heteroatoms. The second-order valence-electron chi connectivity index (χ2n) is 14.7. The Bertz CT molecular complexity index is 3240. The van der Waals surface area contributed by atoms with E-state index in [4.69, 9.17) is 29.9 Å². The Morgan fingerprint density at radius 3 is 1.21 bits per heavy atom. The van der Waals surface area contributed by atoms with E-state index < -0.39 is 0 Å². The van der Waals surface area contributed by atoms with Crippen LogP contribution in [0.5, 0.6) is 0 Å². The summed E-state index contributed by atoms with van der Waals surface area (Å²) in [6, 6.07) is 70.6. The van der Waals surface area contributed by atoms with Crippen molar-refractivity contribution in [1.82, 2.24) is 29.9 Å². The van der Waals surface area contributed by atoms with Crippen molar-refractivity contribution in [2.24, 2.45) is 0 Å². The summed E-state index contributed by atoms with van der Waals surface area (Å²) in [6.45, 7) is 0. The van der Waals surface area contributed by atoms with Gasteiger partial charge in [0.25, 0.3) is 0 Å². The zero-order valence-electron chi connectivity index (χ0n) is 32.7. The number of rotatable bonds is 8. The molecule has 0 amide bonds. The van der Waals surface area contributed by atoms with Crippen LogP contribution in [0.2, 0.25) is 0 Å². The van der Waals surface area contributed by atoms with Gasteiger partial charge in [0.2, 0.25) is 0 Å². The SMILES string of the molecule is c1ccc(-c2nc(-c3ccccc3)nc(-c3cccc(-c4ccc(-c5cccc6c5sc5ccccc56)c(-c5nc(-c6ccccc6)nc(-c6ccccc6)n5)c4)c3)n2)cc1. The van der Waals surface area contributed by atoms with Crippen LogP contribution in [0.15, 0.2) is 206 Å². The molecule has 3 aromatic heterocycles. The van der Waals surface area contributed by atoms with E-state index in [0.717, 1.165) is 55.6 Å². The maximum atomic E-state index is 5.24. The Morgan fingerprint density at radius 1 is 0.246 bits per heavy atom. The first kappa shape index (κ1) is 36.1. The number of hydrogen-bond donors (Lipinski definition) is 0. The molecule has 0 fully saturated rings. The largest absolute Gasteiger partial charge is 0.208 e. The molecule has 0 spiro atoms. The van der Waals surface area contributed by atoms with Gasteiger partial charge in [0, 0.05) is 59.1 Å². The van der Waals surface area contributed by atoms with E-state index in [0.29, 0.717) is 34.9 Å². The summed E-state index contributed by atoms with van der Waals surface area (Å²) in [5.41, 5.74) is 9.66. The third-order valence-electron chi connectivity index (χ3n) is 10.8. The molecular formula is C54H34N6S. The molecule has 0 saturated carbocycles. The van der Waals surface area contributed by atoms with Crippen LogP contribution in [0.25, 0.3) is 111 Å². The van der Waals surface area contributed by atoms with Crippen LogP contribution in [0, 0.1) is 0 Å². The molecule has 0 aliphatic rings. The van der Waals surface area contributed by atoms with E-state index in [2.05, 4.69) is 84.9 Å². The van der Waals surface area contributed by atoms with Crippen LogP contribution in [0.4, 0.5) is 0 Å². The lowest BCUT2D eigenvalue weighted by Crippen LogP contribution is -2.01. The molecule has 286 valence electrons. The minimum atomic E-state index is 0.594. The monoisotopic (exact) mass is 798 g/mol. The second-order valence-corrected chi connectivity index (χ2v) is 15.8. The van der Waals surface area contributed by atoms with Gasteiger partial charge in [-0.2, -0.15) is 0 Å². The van der Waals surface area contributed by atoms with Gasteiger partial charge in [-0.3, -0.25) is 0 Å². The fourth-order valence-electron chi connectivity index (χ4n) is 7.81. The van der Waals surface area contributed by atoms with Crippen molar-refractivity contribution < 1.29 is 0 Å². The average molecular weight is 799 g/mol. The quantitative estimate of drug-likeness (QED) is 0.152. The zero-order valence-corrected chi connectivity index (χ0v) is 33.5. The molecular weight excluding hydrogens is 765 g/mol. The molecule has 0 radical (unpaired) electrons. The Balaban J connectivity index is 1.11. The number of aromatic nitrogens is 6. The summed E-state index contributed by atoms with van der Waals surface area (Å²) in [6.07, 6.45) is 0. The van der Waals surface area contributed by atoms with Gasteiger partial charge in [-0.05, 0) is 34.9 Å². The second kappa shape index (κ2) is 15.6. The molecule has 3 heterocycles. The van der Waals surface area contributed by atoms with E-state index in [1.807, 2.05) is 133 Å². The molecule has 0 aliphatic heterocycles. The number of nitrogens with zero attached hydrogens (tertiary/aromatic N) is 6. The van der Waals surface area contributed by atoms with Gasteiger partial charge in [0.1, 0.15) is 0 Å². The topological polar surface area (TPSA) is 77.3 Å². The molecule has 0 N–H and O–H groups in total. The smallest absolute Gasteiger partial charge is 0.164 e. The van der Waals surface area contributed by atoms with E-state index in [1.54, 1.807) is 0 Å². The van der Waals surface area contributed by atoms with Crippen molar-refractivity contribution in [2.45, 2.75) is 0 Å². The summed E-state index contributed by atoms with van der Waals surface area (Å²) in [5.74, 6) is 3.66. The molecule has 11 aromatic rings. The zero-order chi connectivity index (χ0) is 40.5. The first-order chi connectivity index (χ1) is 30.2. The van der Waals surface area contributed by atoms with E-state index in [9.17, 15) is 0 Å². The van der Waals surface area contributed by atoms with Gasteiger partial charge < -0.3 is 0 Å². The minimum absolute atomic E-state index is 0.594. The summed E-state index contributed by atoms with van der Waals surface area (Å²) in [5, 5.41) is 2.48. The van der Waals surface area contributed by atoms with E-state index in [-0.39, 0.29) is 0 Å². The Morgan fingerprint density at radius 2 is 0.656 bits per heavy atom. The third-order valence-corrected chi connectivity index (χ3v) is 12.0. The number of hydrogen-bond acceptors (Lipinski definition) is 7. The normalized spacial score (nSPS) is 11.3. The van der Waals surface area contributed by atoms with Crippen LogP contribution < -0.4 is 0 Å². The molecule has 0 unspecified atom stereocenters. The van der Waals surface area contributed by atoms with Gasteiger partial charge in [-0.25, -0.2) is 29.9 Å². The van der Waals surface area contributed by atoms with Crippen molar-refractivity contribution in [3.63, 3.8) is 0 Å². The molecule has 8 aromatic carbocycles. The minimum Gasteiger partial charge on any atom is -0.208 e. The molecule has 0 bridgehead atoms. The van der Waals surface area contributed by atoms with Crippen molar-refractivity contribution in [3.8, 4) is 90.6 Å². The first-order valence-electron chi connectivity index (χ1n) is 20.1. The Hall–Kier alpha value is -8.00. The maximum absolute atomic E-state index is 5.24. The van der Waals surface area contributed by atoms with Gasteiger partial charge in [0.05, 0.1) is 0 Å². The lowest BCUT2D eigenvalue weighted by atomic mass is 9.93. The summed E-state index contributed by atoms with van der Waals surface area (Å²) in [7, 11) is 0. The lowest BCUT2D eigenvalue weighted by Gasteiger charge is -2.15. The van der Waals surface area contributed by atoms with Gasteiger partial charge >= 0.3 is 0 Å². The van der Waals surface area contributed by atoms with Crippen LogP contribution >= 0.6 is 11.3 Å². The molecule has 6 nitrogen and oxygen atoms in total. The number of thiophene rings is 1. The van der Waals surface area contributed by atoms with Crippen molar-refractivity contribution >= 4 is 31.5 Å². The van der Waals surface area contributed by atoms with Crippen molar-refractivity contribution in [2.75, 3.05) is 0 Å². The van der Waals surface area contributed by atoms with Gasteiger partial charge in [-0.15, -0.1) is 11.3 Å². The van der Waals surface area contributed by atoms with Crippen LogP contribution in [-0.4, -0.2) is 29.9 Å². The number of benzene rings is 8. The predicted molar refractivity (Wildman–Crippen MR) is 250 cm³/mol. The van der Waals surface area contributed by atoms with Gasteiger partial charge in [0.15, 0.2) is 34.9 Å². The molecule has 0 saturated heterocycles. The third kappa shape index (κ3) is 7.03. The first-order valence-corrected chi connectivity index (χ1v) is 20.9.